The van der Waals surface area contributed by atoms with Crippen LogP contribution in [0.2, 0.25) is 0 Å². The molecular formula is C19H25N3O3. The number of carboxylic acid groups (broad SMARTS) is 1. The van der Waals surface area contributed by atoms with Gasteiger partial charge >= 0.3 is 5.97 Å². The zero-order valence-corrected chi connectivity index (χ0v) is 15.2. The van der Waals surface area contributed by atoms with Crippen molar-refractivity contribution in [2.24, 2.45) is 4.99 Å². The molecule has 1 aromatic carbocycles. The Morgan fingerprint density at radius 1 is 1.32 bits per heavy atom. The van der Waals surface area contributed by atoms with E-state index in [0.717, 1.165) is 35.0 Å². The van der Waals surface area contributed by atoms with Crippen molar-refractivity contribution in [3.8, 4) is 5.75 Å². The highest BCUT2D eigenvalue weighted by molar-refractivity contribution is 5.89. The molecule has 134 valence electrons. The monoisotopic (exact) mass is 343 g/mol. The molecule has 2 aliphatic rings. The lowest BCUT2D eigenvalue weighted by molar-refractivity contribution is -0.143. The molecule has 0 spiro atoms. The molecule has 2 heterocycles. The van der Waals surface area contributed by atoms with Crippen molar-refractivity contribution in [1.29, 1.82) is 0 Å². The zero-order valence-electron chi connectivity index (χ0n) is 15.2. The average Bonchev–Trinajstić information content (AvgIpc) is 2.59. The van der Waals surface area contributed by atoms with E-state index in [4.69, 9.17) is 4.74 Å². The van der Waals surface area contributed by atoms with Crippen LogP contribution in [0, 0.1) is 0 Å². The van der Waals surface area contributed by atoms with E-state index in [1.165, 1.54) is 0 Å². The largest absolute Gasteiger partial charge is 0.497 e. The lowest BCUT2D eigenvalue weighted by atomic mass is 9.99. The number of ether oxygens (including phenoxy) is 1. The summed E-state index contributed by atoms with van der Waals surface area (Å²) >= 11 is 0. The third kappa shape index (κ3) is 3.39. The zero-order chi connectivity index (χ0) is 18.1. The van der Waals surface area contributed by atoms with Crippen LogP contribution in [0.3, 0.4) is 0 Å². The van der Waals surface area contributed by atoms with Crippen molar-refractivity contribution in [3.63, 3.8) is 0 Å². The lowest BCUT2D eigenvalue weighted by Crippen LogP contribution is -2.58. The summed E-state index contributed by atoms with van der Waals surface area (Å²) in [7, 11) is 1.65. The van der Waals surface area contributed by atoms with Crippen LogP contribution in [0.5, 0.6) is 5.75 Å². The van der Waals surface area contributed by atoms with Crippen LogP contribution < -0.4 is 4.74 Å². The molecule has 3 rings (SSSR count). The van der Waals surface area contributed by atoms with Crippen LogP contribution in [0.15, 0.2) is 40.5 Å². The number of piperazine rings is 1. The summed E-state index contributed by atoms with van der Waals surface area (Å²) in [6.07, 6.45) is 0. The van der Waals surface area contributed by atoms with Gasteiger partial charge in [-0.1, -0.05) is 12.1 Å². The minimum absolute atomic E-state index is 0.0987. The predicted molar refractivity (Wildman–Crippen MR) is 96.8 cm³/mol. The molecule has 0 aromatic heterocycles. The van der Waals surface area contributed by atoms with E-state index in [0.29, 0.717) is 13.1 Å². The van der Waals surface area contributed by atoms with Crippen LogP contribution in [0.1, 0.15) is 26.3 Å². The van der Waals surface area contributed by atoms with Crippen LogP contribution in [0.25, 0.3) is 0 Å². The molecule has 0 aliphatic carbocycles. The highest BCUT2D eigenvalue weighted by Crippen LogP contribution is 2.30. The second kappa shape index (κ2) is 6.88. The standard InChI is InChI=1S/C19H25N3O3/c1-12-13(2)20-14(3)22-17(12)10-21(11-18(22)19(23)24)9-15-5-7-16(25-4)8-6-15/h5-8,13,18H,9-11H2,1-4H3,(H,23,24). The number of aliphatic imine (C=N–C) groups is 1. The molecule has 2 aliphatic heterocycles. The van der Waals surface area contributed by atoms with Crippen molar-refractivity contribution in [3.05, 3.63) is 41.1 Å². The van der Waals surface area contributed by atoms with Gasteiger partial charge in [-0.3, -0.25) is 9.89 Å². The number of nitrogens with zero attached hydrogens (tertiary/aromatic N) is 3. The maximum Gasteiger partial charge on any atom is 0.328 e. The van der Waals surface area contributed by atoms with Gasteiger partial charge in [0.2, 0.25) is 0 Å². The Bertz CT molecular complexity index is 724. The van der Waals surface area contributed by atoms with Crippen molar-refractivity contribution in [2.75, 3.05) is 20.2 Å². The normalized spacial score (nSPS) is 24.0. The molecule has 1 aromatic rings. The first-order valence-corrected chi connectivity index (χ1v) is 8.52. The minimum Gasteiger partial charge on any atom is -0.497 e. The summed E-state index contributed by atoms with van der Waals surface area (Å²) in [5, 5.41) is 9.74. The van der Waals surface area contributed by atoms with Gasteiger partial charge in [-0.2, -0.15) is 0 Å². The smallest absolute Gasteiger partial charge is 0.328 e. The summed E-state index contributed by atoms with van der Waals surface area (Å²) in [6.45, 7) is 7.93. The molecule has 0 amide bonds. The van der Waals surface area contributed by atoms with Crippen molar-refractivity contribution in [1.82, 2.24) is 9.80 Å². The average molecular weight is 343 g/mol. The van der Waals surface area contributed by atoms with Gasteiger partial charge in [0.25, 0.3) is 0 Å². The molecule has 1 N–H and O–H groups in total. The summed E-state index contributed by atoms with van der Waals surface area (Å²) in [6, 6.07) is 7.42. The maximum atomic E-state index is 11.9. The Morgan fingerprint density at radius 2 is 2.00 bits per heavy atom. The number of benzene rings is 1. The second-order valence-corrected chi connectivity index (χ2v) is 6.72. The molecule has 0 saturated carbocycles. The van der Waals surface area contributed by atoms with E-state index >= 15 is 0 Å². The summed E-state index contributed by atoms with van der Waals surface area (Å²) < 4.78 is 5.20. The highest BCUT2D eigenvalue weighted by atomic mass is 16.5. The number of hydrogen-bond donors (Lipinski definition) is 1. The van der Waals surface area contributed by atoms with Crippen LogP contribution >= 0.6 is 0 Å². The Hall–Kier alpha value is -2.34. The number of carbonyl (C=O) groups is 1. The number of carboxylic acids is 1. The fourth-order valence-corrected chi connectivity index (χ4v) is 3.58. The Labute approximate surface area is 148 Å². The van der Waals surface area contributed by atoms with Crippen molar-refractivity contribution < 1.29 is 14.6 Å². The molecule has 0 bridgehead atoms. The molecule has 1 saturated heterocycles. The van der Waals surface area contributed by atoms with Crippen LogP contribution in [0.4, 0.5) is 0 Å². The Balaban J connectivity index is 1.85. The van der Waals surface area contributed by atoms with E-state index in [1.807, 2.05) is 36.1 Å². The highest BCUT2D eigenvalue weighted by Gasteiger charge is 2.39. The SMILES string of the molecule is COc1ccc(CN2CC3=C(C)C(C)N=C(C)N3C(C(=O)O)C2)cc1. The van der Waals surface area contributed by atoms with Crippen molar-refractivity contribution >= 4 is 11.8 Å². The van der Waals surface area contributed by atoms with Gasteiger partial charge in [-0.05, 0) is 44.0 Å². The minimum atomic E-state index is -0.811. The first-order chi connectivity index (χ1) is 11.9. The molecule has 0 radical (unpaired) electrons. The second-order valence-electron chi connectivity index (χ2n) is 6.72. The van der Waals surface area contributed by atoms with E-state index < -0.39 is 12.0 Å². The van der Waals surface area contributed by atoms with E-state index in [1.54, 1.807) is 7.11 Å². The quantitative estimate of drug-likeness (QED) is 0.909. The third-order valence-electron chi connectivity index (χ3n) is 5.07. The van der Waals surface area contributed by atoms with Crippen molar-refractivity contribution in [2.45, 2.75) is 39.4 Å². The molecule has 6 nitrogen and oxygen atoms in total. The number of methoxy groups -OCH3 is 1. The molecule has 2 unspecified atom stereocenters. The molecular weight excluding hydrogens is 318 g/mol. The number of aliphatic carboxylic acids is 1. The topological polar surface area (TPSA) is 65.4 Å². The van der Waals surface area contributed by atoms with Gasteiger partial charge < -0.3 is 14.7 Å². The molecule has 6 heteroatoms. The molecule has 2 atom stereocenters. The Morgan fingerprint density at radius 3 is 2.60 bits per heavy atom. The van der Waals surface area contributed by atoms with E-state index in [-0.39, 0.29) is 6.04 Å². The molecule has 1 fully saturated rings. The molecule has 25 heavy (non-hydrogen) atoms. The number of amidine groups is 1. The third-order valence-corrected chi connectivity index (χ3v) is 5.07. The number of hydrogen-bond acceptors (Lipinski definition) is 5. The van der Waals surface area contributed by atoms with Gasteiger partial charge in [0.15, 0.2) is 0 Å². The Kier molecular flexibility index (Phi) is 4.81. The van der Waals surface area contributed by atoms with E-state index in [9.17, 15) is 9.90 Å². The number of fused-ring (bicyclic) bond motifs is 1. The van der Waals surface area contributed by atoms with Gasteiger partial charge in [0.1, 0.15) is 17.6 Å². The first-order valence-electron chi connectivity index (χ1n) is 8.52. The predicted octanol–water partition coefficient (Wildman–Crippen LogP) is 2.36. The van der Waals surface area contributed by atoms with Gasteiger partial charge in [0.05, 0.1) is 13.2 Å². The summed E-state index contributed by atoms with van der Waals surface area (Å²) in [5.74, 6) is 0.807. The fourth-order valence-electron chi connectivity index (χ4n) is 3.58. The maximum absolute atomic E-state index is 11.9. The lowest BCUT2D eigenvalue weighted by Gasteiger charge is -2.45. The van der Waals surface area contributed by atoms with E-state index in [2.05, 4.69) is 23.7 Å². The first kappa shape index (κ1) is 17.5. The van der Waals surface area contributed by atoms with Gasteiger partial charge in [0, 0.05) is 25.3 Å². The van der Waals surface area contributed by atoms with Crippen LogP contribution in [-0.4, -0.2) is 59.0 Å². The fraction of sp³-hybridized carbons (Fsp3) is 0.474. The van der Waals surface area contributed by atoms with Crippen LogP contribution in [-0.2, 0) is 11.3 Å². The van der Waals surface area contributed by atoms with Gasteiger partial charge in [-0.15, -0.1) is 0 Å². The number of rotatable bonds is 4. The summed E-state index contributed by atoms with van der Waals surface area (Å²) in [5.41, 5.74) is 3.37. The summed E-state index contributed by atoms with van der Waals surface area (Å²) in [4.78, 5) is 20.6. The van der Waals surface area contributed by atoms with Gasteiger partial charge in [-0.25, -0.2) is 4.79 Å².